The quantitative estimate of drug-likeness (QED) is 0.330. The Balaban J connectivity index is 1.28. The molecule has 1 atom stereocenters. The van der Waals surface area contributed by atoms with E-state index in [4.69, 9.17) is 39.5 Å². The van der Waals surface area contributed by atoms with Gasteiger partial charge in [-0.1, -0.05) is 35.3 Å². The van der Waals surface area contributed by atoms with Crippen LogP contribution in [0.15, 0.2) is 48.7 Å². The van der Waals surface area contributed by atoms with Crippen LogP contribution < -0.4 is 15.0 Å². The Morgan fingerprint density at radius 3 is 2.78 bits per heavy atom. The third-order valence-corrected chi connectivity index (χ3v) is 7.20. The molecule has 1 aliphatic heterocycles. The second-order valence-electron chi connectivity index (χ2n) is 8.99. The Morgan fingerprint density at radius 1 is 1.11 bits per heavy atom. The van der Waals surface area contributed by atoms with E-state index in [0.717, 1.165) is 49.3 Å². The highest BCUT2D eigenvalue weighted by atomic mass is 35.5. The minimum Gasteiger partial charge on any atom is -0.493 e. The molecule has 9 heteroatoms. The maximum atomic E-state index is 12.9. The number of hydrogen-bond acceptors (Lipinski definition) is 5. The molecule has 0 radical (unpaired) electrons. The van der Waals surface area contributed by atoms with E-state index in [-0.39, 0.29) is 11.2 Å². The largest absolute Gasteiger partial charge is 0.493 e. The number of carbonyl (C=O) groups excluding carboxylic acids is 1. The van der Waals surface area contributed by atoms with Crippen LogP contribution in [0.25, 0.3) is 0 Å². The number of nitrogens with one attached hydrogen (secondary N) is 1. The standard InChI is InChI=1S/C27H29Cl3N4O2/c1-18-4-5-21(15-24(18)36-14-10-20-6-7-22(28)16-23(20)29)26(35)32-17-19-3-2-12-34(13-9-19)25-8-11-31-27(30)33-25/h4-8,11,15-16,19H,2-3,9-10,12-14,17H2,1H3,(H,32,35). The molecule has 0 spiro atoms. The van der Waals surface area contributed by atoms with Crippen LogP contribution in [-0.2, 0) is 6.42 Å². The van der Waals surface area contributed by atoms with E-state index in [0.29, 0.717) is 46.8 Å². The molecule has 1 amide bonds. The van der Waals surface area contributed by atoms with Crippen molar-refractivity contribution in [2.75, 3.05) is 31.1 Å². The minimum absolute atomic E-state index is 0.0933. The van der Waals surface area contributed by atoms with Crippen molar-refractivity contribution in [2.45, 2.75) is 32.6 Å². The molecule has 1 unspecified atom stereocenters. The fourth-order valence-electron chi connectivity index (χ4n) is 4.33. The minimum atomic E-state index is -0.0933. The summed E-state index contributed by atoms with van der Waals surface area (Å²) >= 11 is 18.2. The van der Waals surface area contributed by atoms with Gasteiger partial charge >= 0.3 is 0 Å². The Morgan fingerprint density at radius 2 is 1.97 bits per heavy atom. The summed E-state index contributed by atoms with van der Waals surface area (Å²) in [5, 5.41) is 4.60. The molecule has 0 bridgehead atoms. The van der Waals surface area contributed by atoms with Gasteiger partial charge in [-0.05, 0) is 85.2 Å². The zero-order chi connectivity index (χ0) is 25.5. The molecular weight excluding hydrogens is 519 g/mol. The highest BCUT2D eigenvalue weighted by Crippen LogP contribution is 2.24. The maximum Gasteiger partial charge on any atom is 0.251 e. The van der Waals surface area contributed by atoms with Gasteiger partial charge in [-0.2, -0.15) is 0 Å². The normalized spacial score (nSPS) is 15.9. The van der Waals surface area contributed by atoms with Crippen molar-refractivity contribution in [1.82, 2.24) is 15.3 Å². The second-order valence-corrected chi connectivity index (χ2v) is 10.2. The number of halogens is 3. The third-order valence-electron chi connectivity index (χ3n) is 6.43. The average molecular weight is 548 g/mol. The summed E-state index contributed by atoms with van der Waals surface area (Å²) in [4.78, 5) is 23.4. The third kappa shape index (κ3) is 7.25. The van der Waals surface area contributed by atoms with Crippen molar-refractivity contribution < 1.29 is 9.53 Å². The summed E-state index contributed by atoms with van der Waals surface area (Å²) in [6, 6.07) is 12.9. The van der Waals surface area contributed by atoms with Gasteiger partial charge < -0.3 is 15.0 Å². The number of rotatable bonds is 8. The lowest BCUT2D eigenvalue weighted by atomic mass is 10.0. The number of hydrogen-bond donors (Lipinski definition) is 1. The van der Waals surface area contributed by atoms with Gasteiger partial charge in [0.05, 0.1) is 6.61 Å². The second kappa shape index (κ2) is 12.6. The molecule has 2 heterocycles. The van der Waals surface area contributed by atoms with Crippen LogP contribution in [0.4, 0.5) is 5.82 Å². The van der Waals surface area contributed by atoms with Gasteiger partial charge in [0.25, 0.3) is 5.91 Å². The molecule has 4 rings (SSSR count). The predicted molar refractivity (Wildman–Crippen MR) is 146 cm³/mol. The molecule has 2 aromatic carbocycles. The number of aromatic nitrogens is 2. The monoisotopic (exact) mass is 546 g/mol. The van der Waals surface area contributed by atoms with Gasteiger partial charge in [0, 0.05) is 47.9 Å². The van der Waals surface area contributed by atoms with E-state index < -0.39 is 0 Å². The van der Waals surface area contributed by atoms with Crippen LogP contribution in [0.3, 0.4) is 0 Å². The van der Waals surface area contributed by atoms with Crippen LogP contribution in [0.1, 0.15) is 40.7 Å². The van der Waals surface area contributed by atoms with E-state index in [1.807, 2.05) is 43.3 Å². The number of aryl methyl sites for hydroxylation is 1. The van der Waals surface area contributed by atoms with Crippen LogP contribution in [0.5, 0.6) is 5.75 Å². The van der Waals surface area contributed by atoms with Gasteiger partial charge in [0.15, 0.2) is 0 Å². The molecule has 1 N–H and O–H groups in total. The van der Waals surface area contributed by atoms with E-state index >= 15 is 0 Å². The van der Waals surface area contributed by atoms with Crippen LogP contribution >= 0.6 is 34.8 Å². The fraction of sp³-hybridized carbons (Fsp3) is 0.370. The van der Waals surface area contributed by atoms with Crippen molar-refractivity contribution in [3.8, 4) is 5.75 Å². The van der Waals surface area contributed by atoms with Gasteiger partial charge in [-0.3, -0.25) is 4.79 Å². The molecule has 36 heavy (non-hydrogen) atoms. The Labute approximate surface area is 226 Å². The number of anilines is 1. The lowest BCUT2D eigenvalue weighted by molar-refractivity contribution is 0.0945. The SMILES string of the molecule is Cc1ccc(C(=O)NCC2CCCN(c3ccnc(Cl)n3)CC2)cc1OCCc1ccc(Cl)cc1Cl. The molecule has 1 saturated heterocycles. The van der Waals surface area contributed by atoms with Gasteiger partial charge in [-0.15, -0.1) is 0 Å². The molecule has 1 aliphatic rings. The van der Waals surface area contributed by atoms with E-state index in [1.165, 1.54) is 0 Å². The molecule has 190 valence electrons. The summed E-state index contributed by atoms with van der Waals surface area (Å²) < 4.78 is 5.99. The average Bonchev–Trinajstić information content (AvgIpc) is 3.11. The zero-order valence-corrected chi connectivity index (χ0v) is 22.4. The summed E-state index contributed by atoms with van der Waals surface area (Å²) in [5.74, 6) is 1.86. The number of ether oxygens (including phenoxy) is 1. The molecular formula is C27H29Cl3N4O2. The number of amides is 1. The van der Waals surface area contributed by atoms with Crippen LogP contribution in [0.2, 0.25) is 15.3 Å². The molecule has 1 fully saturated rings. The van der Waals surface area contributed by atoms with Crippen LogP contribution in [-0.4, -0.2) is 42.1 Å². The van der Waals surface area contributed by atoms with Crippen molar-refractivity contribution in [3.63, 3.8) is 0 Å². The van der Waals surface area contributed by atoms with Gasteiger partial charge in [0.2, 0.25) is 5.28 Å². The Bertz CT molecular complexity index is 1210. The van der Waals surface area contributed by atoms with Crippen molar-refractivity contribution >= 4 is 46.5 Å². The number of nitrogens with zero attached hydrogens (tertiary/aromatic N) is 3. The smallest absolute Gasteiger partial charge is 0.251 e. The highest BCUT2D eigenvalue weighted by molar-refractivity contribution is 6.35. The van der Waals surface area contributed by atoms with Crippen LogP contribution in [0, 0.1) is 12.8 Å². The van der Waals surface area contributed by atoms with Gasteiger partial charge in [-0.25, -0.2) is 9.97 Å². The zero-order valence-electron chi connectivity index (χ0n) is 20.1. The maximum absolute atomic E-state index is 12.9. The Kier molecular flexibility index (Phi) is 9.30. The number of carbonyl (C=O) groups is 1. The fourth-order valence-corrected chi connectivity index (χ4v) is 4.98. The van der Waals surface area contributed by atoms with Crippen molar-refractivity contribution in [1.29, 1.82) is 0 Å². The first-order valence-electron chi connectivity index (χ1n) is 12.1. The highest BCUT2D eigenvalue weighted by Gasteiger charge is 2.19. The summed E-state index contributed by atoms with van der Waals surface area (Å²) in [6.07, 6.45) is 5.37. The topological polar surface area (TPSA) is 67.4 Å². The molecule has 0 aliphatic carbocycles. The first-order chi connectivity index (χ1) is 17.4. The first-order valence-corrected chi connectivity index (χ1v) is 13.2. The first kappa shape index (κ1) is 26.5. The van der Waals surface area contributed by atoms with E-state index in [2.05, 4.69) is 20.2 Å². The summed E-state index contributed by atoms with van der Waals surface area (Å²) in [7, 11) is 0. The molecule has 3 aromatic rings. The van der Waals surface area contributed by atoms with E-state index in [9.17, 15) is 4.79 Å². The van der Waals surface area contributed by atoms with Gasteiger partial charge in [0.1, 0.15) is 11.6 Å². The summed E-state index contributed by atoms with van der Waals surface area (Å²) in [5.41, 5.74) is 2.53. The van der Waals surface area contributed by atoms with Crippen molar-refractivity contribution in [3.05, 3.63) is 80.7 Å². The number of benzene rings is 2. The molecule has 6 nitrogen and oxygen atoms in total. The lowest BCUT2D eigenvalue weighted by Crippen LogP contribution is -2.30. The summed E-state index contributed by atoms with van der Waals surface area (Å²) in [6.45, 7) is 4.83. The lowest BCUT2D eigenvalue weighted by Gasteiger charge is -2.21. The van der Waals surface area contributed by atoms with Crippen molar-refractivity contribution in [2.24, 2.45) is 5.92 Å². The van der Waals surface area contributed by atoms with E-state index in [1.54, 1.807) is 12.3 Å². The predicted octanol–water partition coefficient (Wildman–Crippen LogP) is 6.40. The Hall–Kier alpha value is -2.54. The molecule has 0 saturated carbocycles. The molecule has 1 aromatic heterocycles.